The number of carbonyl (C=O) groups is 1. The summed E-state index contributed by atoms with van der Waals surface area (Å²) in [6.45, 7) is 3.01. The molecule has 0 aromatic carbocycles. The number of hydrogen-bond acceptors (Lipinski definition) is 3. The minimum absolute atomic E-state index is 0.0280. The van der Waals surface area contributed by atoms with Gasteiger partial charge in [0.25, 0.3) is 10.2 Å². The maximum atomic E-state index is 12.4. The van der Waals surface area contributed by atoms with E-state index in [1.807, 2.05) is 6.92 Å². The van der Waals surface area contributed by atoms with Crippen LogP contribution >= 0.6 is 0 Å². The van der Waals surface area contributed by atoms with Crippen molar-refractivity contribution in [2.75, 3.05) is 19.6 Å². The highest BCUT2D eigenvalue weighted by atomic mass is 32.2. The standard InChI is InChI=1S/C11H20N2O4S/c1-9-4-2-7-13(9)18(16,17)12-6-3-5-10(8-12)11(14)15/h9-10H,2-8H2,1H3,(H,14,15). The first-order valence-electron chi connectivity index (χ1n) is 6.42. The van der Waals surface area contributed by atoms with Gasteiger partial charge in [-0.15, -0.1) is 0 Å². The molecule has 2 aliphatic rings. The minimum atomic E-state index is -3.47. The van der Waals surface area contributed by atoms with Crippen LogP contribution in [0.25, 0.3) is 0 Å². The van der Waals surface area contributed by atoms with E-state index in [4.69, 9.17) is 5.11 Å². The molecule has 2 atom stereocenters. The van der Waals surface area contributed by atoms with Crippen LogP contribution < -0.4 is 0 Å². The van der Waals surface area contributed by atoms with Crippen LogP contribution in [0.15, 0.2) is 0 Å². The Balaban J connectivity index is 2.12. The van der Waals surface area contributed by atoms with E-state index >= 15 is 0 Å². The summed E-state index contributed by atoms with van der Waals surface area (Å²) in [6, 6.07) is 0.0280. The van der Waals surface area contributed by atoms with Gasteiger partial charge in [0.1, 0.15) is 0 Å². The second-order valence-electron chi connectivity index (χ2n) is 5.15. The maximum Gasteiger partial charge on any atom is 0.307 e. The average molecular weight is 276 g/mol. The van der Waals surface area contributed by atoms with Crippen molar-refractivity contribution in [3.05, 3.63) is 0 Å². The molecule has 0 bridgehead atoms. The van der Waals surface area contributed by atoms with Gasteiger partial charge in [0.2, 0.25) is 0 Å². The molecule has 0 aromatic rings. The molecule has 0 spiro atoms. The number of hydrogen-bond donors (Lipinski definition) is 1. The van der Waals surface area contributed by atoms with Gasteiger partial charge in [-0.2, -0.15) is 17.0 Å². The zero-order chi connectivity index (χ0) is 13.3. The highest BCUT2D eigenvalue weighted by Crippen LogP contribution is 2.26. The second-order valence-corrected chi connectivity index (χ2v) is 7.03. The molecule has 1 N–H and O–H groups in total. The van der Waals surface area contributed by atoms with Gasteiger partial charge in [-0.05, 0) is 32.6 Å². The first kappa shape index (κ1) is 13.8. The Bertz CT molecular complexity index is 423. The maximum absolute atomic E-state index is 12.4. The van der Waals surface area contributed by atoms with Crippen LogP contribution in [0, 0.1) is 5.92 Å². The second kappa shape index (κ2) is 5.14. The minimum Gasteiger partial charge on any atom is -0.481 e. The molecule has 2 unspecified atom stereocenters. The number of nitrogens with zero attached hydrogens (tertiary/aromatic N) is 2. The first-order chi connectivity index (χ1) is 8.43. The lowest BCUT2D eigenvalue weighted by atomic mass is 10.0. The summed E-state index contributed by atoms with van der Waals surface area (Å²) in [4.78, 5) is 11.0. The van der Waals surface area contributed by atoms with E-state index in [-0.39, 0.29) is 12.6 Å². The quantitative estimate of drug-likeness (QED) is 0.815. The van der Waals surface area contributed by atoms with Gasteiger partial charge in [-0.1, -0.05) is 0 Å². The normalized spacial score (nSPS) is 31.6. The van der Waals surface area contributed by atoms with Crippen LogP contribution in [0.1, 0.15) is 32.6 Å². The molecule has 0 aliphatic carbocycles. The van der Waals surface area contributed by atoms with Gasteiger partial charge in [0.05, 0.1) is 5.92 Å². The number of aliphatic carboxylic acids is 1. The third kappa shape index (κ3) is 2.53. The summed E-state index contributed by atoms with van der Waals surface area (Å²) in [5.74, 6) is -1.46. The molecule has 2 rings (SSSR count). The van der Waals surface area contributed by atoms with Gasteiger partial charge in [0, 0.05) is 25.7 Å². The van der Waals surface area contributed by atoms with E-state index in [2.05, 4.69) is 0 Å². The molecular formula is C11H20N2O4S. The number of piperidine rings is 1. The van der Waals surface area contributed by atoms with E-state index in [0.29, 0.717) is 25.9 Å². The van der Waals surface area contributed by atoms with Crippen molar-refractivity contribution in [3.63, 3.8) is 0 Å². The SMILES string of the molecule is CC1CCCN1S(=O)(=O)N1CCCC(C(=O)O)C1. The number of carboxylic acid groups (broad SMARTS) is 1. The monoisotopic (exact) mass is 276 g/mol. The van der Waals surface area contributed by atoms with Gasteiger partial charge >= 0.3 is 5.97 Å². The molecule has 104 valence electrons. The van der Waals surface area contributed by atoms with Gasteiger partial charge in [-0.25, -0.2) is 0 Å². The van der Waals surface area contributed by atoms with Crippen LogP contribution in [-0.4, -0.2) is 53.8 Å². The van der Waals surface area contributed by atoms with Gasteiger partial charge in [0.15, 0.2) is 0 Å². The summed E-state index contributed by atoms with van der Waals surface area (Å²) in [5, 5.41) is 9.00. The zero-order valence-electron chi connectivity index (χ0n) is 10.6. The third-order valence-corrected chi connectivity index (χ3v) is 5.97. The lowest BCUT2D eigenvalue weighted by Crippen LogP contribution is -2.50. The summed E-state index contributed by atoms with van der Waals surface area (Å²) >= 11 is 0. The molecule has 2 saturated heterocycles. The fraction of sp³-hybridized carbons (Fsp3) is 0.909. The molecule has 2 fully saturated rings. The van der Waals surface area contributed by atoms with E-state index in [0.717, 1.165) is 12.8 Å². The van der Waals surface area contributed by atoms with Crippen LogP contribution in [0.2, 0.25) is 0 Å². The molecule has 18 heavy (non-hydrogen) atoms. The Kier molecular flexibility index (Phi) is 3.93. The lowest BCUT2D eigenvalue weighted by molar-refractivity contribution is -0.142. The Morgan fingerprint density at radius 1 is 1.22 bits per heavy atom. The van der Waals surface area contributed by atoms with Crippen LogP contribution in [0.5, 0.6) is 0 Å². The van der Waals surface area contributed by atoms with Crippen molar-refractivity contribution in [1.29, 1.82) is 0 Å². The van der Waals surface area contributed by atoms with Crippen molar-refractivity contribution >= 4 is 16.2 Å². The summed E-state index contributed by atoms with van der Waals surface area (Å²) in [6.07, 6.45) is 2.96. The van der Waals surface area contributed by atoms with Crippen molar-refractivity contribution in [2.45, 2.75) is 38.6 Å². The van der Waals surface area contributed by atoms with Crippen LogP contribution in [-0.2, 0) is 15.0 Å². The van der Waals surface area contributed by atoms with Crippen LogP contribution in [0.4, 0.5) is 0 Å². The average Bonchev–Trinajstić information content (AvgIpc) is 2.76. The van der Waals surface area contributed by atoms with Crippen molar-refractivity contribution in [1.82, 2.24) is 8.61 Å². The molecule has 7 heteroatoms. The Hall–Kier alpha value is -0.660. The predicted octanol–water partition coefficient (Wildman–Crippen LogP) is 0.512. The molecule has 0 saturated carbocycles. The zero-order valence-corrected chi connectivity index (χ0v) is 11.4. The lowest BCUT2D eigenvalue weighted by Gasteiger charge is -2.34. The van der Waals surface area contributed by atoms with Crippen molar-refractivity contribution < 1.29 is 18.3 Å². The summed E-state index contributed by atoms with van der Waals surface area (Å²) in [7, 11) is -3.47. The van der Waals surface area contributed by atoms with Crippen molar-refractivity contribution in [3.8, 4) is 0 Å². The summed E-state index contributed by atoms with van der Waals surface area (Å²) < 4.78 is 27.7. The summed E-state index contributed by atoms with van der Waals surface area (Å²) in [5.41, 5.74) is 0. The van der Waals surface area contributed by atoms with E-state index in [1.54, 1.807) is 0 Å². The molecule has 6 nitrogen and oxygen atoms in total. The fourth-order valence-electron chi connectivity index (χ4n) is 2.75. The molecule has 2 aliphatic heterocycles. The van der Waals surface area contributed by atoms with E-state index < -0.39 is 22.1 Å². The van der Waals surface area contributed by atoms with Crippen molar-refractivity contribution in [2.24, 2.45) is 5.92 Å². The smallest absolute Gasteiger partial charge is 0.307 e. The van der Waals surface area contributed by atoms with Gasteiger partial charge < -0.3 is 5.11 Å². The van der Waals surface area contributed by atoms with Crippen LogP contribution in [0.3, 0.4) is 0 Å². The highest BCUT2D eigenvalue weighted by molar-refractivity contribution is 7.86. The fourth-order valence-corrected chi connectivity index (χ4v) is 4.70. The topological polar surface area (TPSA) is 77.9 Å². The molecule has 2 heterocycles. The molecule has 0 aromatic heterocycles. The number of carboxylic acids is 1. The third-order valence-electron chi connectivity index (χ3n) is 3.85. The number of rotatable bonds is 3. The molecular weight excluding hydrogens is 256 g/mol. The molecule has 0 amide bonds. The first-order valence-corrected chi connectivity index (χ1v) is 7.82. The van der Waals surface area contributed by atoms with E-state index in [9.17, 15) is 13.2 Å². The largest absolute Gasteiger partial charge is 0.481 e. The Labute approximate surface area is 108 Å². The highest BCUT2D eigenvalue weighted by Gasteiger charge is 2.39. The predicted molar refractivity (Wildman–Crippen MR) is 66.3 cm³/mol. The molecule has 0 radical (unpaired) electrons. The van der Waals surface area contributed by atoms with E-state index in [1.165, 1.54) is 8.61 Å². The van der Waals surface area contributed by atoms with Gasteiger partial charge in [-0.3, -0.25) is 4.79 Å². The Morgan fingerprint density at radius 3 is 2.44 bits per heavy atom. The Morgan fingerprint density at radius 2 is 1.89 bits per heavy atom.